The van der Waals surface area contributed by atoms with E-state index in [0.29, 0.717) is 6.10 Å². The molecule has 0 unspecified atom stereocenters. The molecule has 0 spiro atoms. The number of fused-ring (bicyclic) bond motifs is 1. The van der Waals surface area contributed by atoms with Crippen molar-refractivity contribution in [2.45, 2.75) is 18.9 Å². The van der Waals surface area contributed by atoms with E-state index < -0.39 is 0 Å². The summed E-state index contributed by atoms with van der Waals surface area (Å²) in [6, 6.07) is 8.62. The third-order valence-corrected chi connectivity index (χ3v) is 3.75. The van der Waals surface area contributed by atoms with Gasteiger partial charge in [0.2, 0.25) is 0 Å². The first-order chi connectivity index (χ1) is 9.36. The molecule has 3 rings (SSSR count). The number of para-hydroxylation sites is 2. The molecule has 2 heterocycles. The van der Waals surface area contributed by atoms with Gasteiger partial charge in [0.15, 0.2) is 5.58 Å². The van der Waals surface area contributed by atoms with Gasteiger partial charge in [-0.1, -0.05) is 28.1 Å². The number of aromatic nitrogens is 1. The summed E-state index contributed by atoms with van der Waals surface area (Å²) in [5.41, 5.74) is 1.78. The van der Waals surface area contributed by atoms with Crippen LogP contribution >= 0.6 is 15.9 Å². The fourth-order valence-corrected chi connectivity index (χ4v) is 2.61. The number of ether oxygens (including phenoxy) is 1. The molecule has 0 amide bonds. The SMILES string of the molecule is BrCCOC1CCN(c2nc3ccccc3o2)CC1. The highest BCUT2D eigenvalue weighted by Gasteiger charge is 2.22. The summed E-state index contributed by atoms with van der Waals surface area (Å²) in [7, 11) is 0. The van der Waals surface area contributed by atoms with Crippen LogP contribution in [0.4, 0.5) is 6.01 Å². The van der Waals surface area contributed by atoms with Crippen molar-refractivity contribution in [3.8, 4) is 0 Å². The lowest BCUT2D eigenvalue weighted by Gasteiger charge is -2.30. The summed E-state index contributed by atoms with van der Waals surface area (Å²) < 4.78 is 11.5. The van der Waals surface area contributed by atoms with E-state index in [2.05, 4.69) is 25.8 Å². The van der Waals surface area contributed by atoms with Gasteiger partial charge in [-0.15, -0.1) is 0 Å². The van der Waals surface area contributed by atoms with Gasteiger partial charge >= 0.3 is 0 Å². The molecule has 1 aromatic carbocycles. The van der Waals surface area contributed by atoms with E-state index in [1.54, 1.807) is 0 Å². The topological polar surface area (TPSA) is 38.5 Å². The molecule has 0 bridgehead atoms. The maximum atomic E-state index is 5.79. The van der Waals surface area contributed by atoms with Crippen molar-refractivity contribution >= 4 is 33.0 Å². The highest BCUT2D eigenvalue weighted by Crippen LogP contribution is 2.25. The first-order valence-electron chi connectivity index (χ1n) is 6.65. The van der Waals surface area contributed by atoms with Crippen molar-refractivity contribution < 1.29 is 9.15 Å². The Kier molecular flexibility index (Phi) is 4.03. The fraction of sp³-hybridized carbons (Fsp3) is 0.500. The number of halogens is 1. The van der Waals surface area contributed by atoms with E-state index in [9.17, 15) is 0 Å². The van der Waals surface area contributed by atoms with Crippen molar-refractivity contribution in [1.29, 1.82) is 0 Å². The van der Waals surface area contributed by atoms with E-state index in [4.69, 9.17) is 9.15 Å². The molecule has 0 N–H and O–H groups in total. The predicted molar refractivity (Wildman–Crippen MR) is 79.0 cm³/mol. The van der Waals surface area contributed by atoms with Crippen LogP contribution in [0.3, 0.4) is 0 Å². The van der Waals surface area contributed by atoms with E-state index in [1.807, 2.05) is 24.3 Å². The number of rotatable bonds is 4. The lowest BCUT2D eigenvalue weighted by molar-refractivity contribution is 0.0475. The Labute approximate surface area is 120 Å². The van der Waals surface area contributed by atoms with Crippen LogP contribution in [0, 0.1) is 0 Å². The second kappa shape index (κ2) is 5.92. The van der Waals surface area contributed by atoms with Crippen LogP contribution in [-0.2, 0) is 4.74 Å². The normalized spacial score (nSPS) is 17.2. The number of hydrogen-bond donors (Lipinski definition) is 0. The summed E-state index contributed by atoms with van der Waals surface area (Å²) in [5, 5.41) is 0.901. The zero-order valence-corrected chi connectivity index (χ0v) is 12.3. The summed E-state index contributed by atoms with van der Waals surface area (Å²) >= 11 is 3.38. The minimum absolute atomic E-state index is 0.373. The standard InChI is InChI=1S/C14H17BrN2O2/c15-7-10-18-11-5-8-17(9-6-11)14-16-12-3-1-2-4-13(12)19-14/h1-4,11H,5-10H2. The number of anilines is 1. The Morgan fingerprint density at radius 2 is 2.11 bits per heavy atom. The van der Waals surface area contributed by atoms with E-state index in [-0.39, 0.29) is 0 Å². The van der Waals surface area contributed by atoms with Crippen molar-refractivity contribution in [2.75, 3.05) is 29.9 Å². The molecule has 1 aromatic heterocycles. The predicted octanol–water partition coefficient (Wildman–Crippen LogP) is 3.21. The first kappa shape index (κ1) is 12.9. The number of nitrogens with zero attached hydrogens (tertiary/aromatic N) is 2. The molecule has 1 aliphatic rings. The molecule has 1 fully saturated rings. The van der Waals surface area contributed by atoms with Gasteiger partial charge in [0.05, 0.1) is 12.7 Å². The lowest BCUT2D eigenvalue weighted by atomic mass is 10.1. The fourth-order valence-electron chi connectivity index (χ4n) is 2.42. The van der Waals surface area contributed by atoms with E-state index in [1.165, 1.54) is 0 Å². The maximum Gasteiger partial charge on any atom is 0.298 e. The molecule has 4 nitrogen and oxygen atoms in total. The highest BCUT2D eigenvalue weighted by molar-refractivity contribution is 9.09. The molecule has 0 aliphatic carbocycles. The molecule has 0 atom stereocenters. The molecule has 19 heavy (non-hydrogen) atoms. The molecular weight excluding hydrogens is 308 g/mol. The molecular formula is C14H17BrN2O2. The Bertz CT molecular complexity index is 502. The maximum absolute atomic E-state index is 5.79. The van der Waals surface area contributed by atoms with Crippen molar-refractivity contribution in [3.05, 3.63) is 24.3 Å². The minimum atomic E-state index is 0.373. The zero-order chi connectivity index (χ0) is 13.1. The molecule has 1 saturated heterocycles. The zero-order valence-electron chi connectivity index (χ0n) is 10.7. The van der Waals surface area contributed by atoms with Crippen LogP contribution in [0.15, 0.2) is 28.7 Å². The van der Waals surface area contributed by atoms with Crippen molar-refractivity contribution in [3.63, 3.8) is 0 Å². The Balaban J connectivity index is 1.64. The minimum Gasteiger partial charge on any atom is -0.423 e. The van der Waals surface area contributed by atoms with Gasteiger partial charge in [-0.25, -0.2) is 0 Å². The number of hydrogen-bond acceptors (Lipinski definition) is 4. The number of benzene rings is 1. The monoisotopic (exact) mass is 324 g/mol. The first-order valence-corrected chi connectivity index (χ1v) is 7.77. The van der Waals surface area contributed by atoms with Crippen molar-refractivity contribution in [1.82, 2.24) is 4.98 Å². The molecule has 102 valence electrons. The van der Waals surface area contributed by atoms with Gasteiger partial charge in [0.1, 0.15) is 5.52 Å². The Morgan fingerprint density at radius 1 is 1.32 bits per heavy atom. The van der Waals surface area contributed by atoms with Gasteiger partial charge in [0, 0.05) is 18.4 Å². The highest BCUT2D eigenvalue weighted by atomic mass is 79.9. The van der Waals surface area contributed by atoms with Gasteiger partial charge in [0.25, 0.3) is 6.01 Å². The summed E-state index contributed by atoms with van der Waals surface area (Å²) in [6.07, 6.45) is 2.44. The van der Waals surface area contributed by atoms with Crippen molar-refractivity contribution in [2.24, 2.45) is 0 Å². The molecule has 2 aromatic rings. The van der Waals surface area contributed by atoms with Crippen LogP contribution in [0.2, 0.25) is 0 Å². The average molecular weight is 325 g/mol. The second-order valence-corrected chi connectivity index (χ2v) is 5.50. The Hall–Kier alpha value is -1.07. The van der Waals surface area contributed by atoms with E-state index >= 15 is 0 Å². The molecule has 5 heteroatoms. The quantitative estimate of drug-likeness (QED) is 0.809. The molecule has 1 aliphatic heterocycles. The smallest absolute Gasteiger partial charge is 0.298 e. The number of oxazole rings is 1. The van der Waals surface area contributed by atoms with Gasteiger partial charge in [-0.3, -0.25) is 0 Å². The summed E-state index contributed by atoms with van der Waals surface area (Å²) in [4.78, 5) is 6.74. The van der Waals surface area contributed by atoms with Crippen LogP contribution in [-0.4, -0.2) is 36.1 Å². The van der Waals surface area contributed by atoms with Gasteiger partial charge < -0.3 is 14.1 Å². The average Bonchev–Trinajstić information content (AvgIpc) is 2.89. The van der Waals surface area contributed by atoms with Crippen LogP contribution < -0.4 is 4.90 Å². The van der Waals surface area contributed by atoms with Gasteiger partial charge in [-0.2, -0.15) is 4.98 Å². The van der Waals surface area contributed by atoms with Crippen LogP contribution in [0.1, 0.15) is 12.8 Å². The number of piperidine rings is 1. The Morgan fingerprint density at radius 3 is 2.84 bits per heavy atom. The molecule has 0 saturated carbocycles. The third kappa shape index (κ3) is 2.92. The van der Waals surface area contributed by atoms with E-state index in [0.717, 1.165) is 55.0 Å². The second-order valence-electron chi connectivity index (χ2n) is 4.71. The van der Waals surface area contributed by atoms with Gasteiger partial charge in [-0.05, 0) is 25.0 Å². The van der Waals surface area contributed by atoms with Crippen LogP contribution in [0.25, 0.3) is 11.1 Å². The lowest BCUT2D eigenvalue weighted by Crippen LogP contribution is -2.37. The third-order valence-electron chi connectivity index (χ3n) is 3.43. The molecule has 0 radical (unpaired) electrons. The largest absolute Gasteiger partial charge is 0.423 e. The number of alkyl halides is 1. The van der Waals surface area contributed by atoms with Crippen LogP contribution in [0.5, 0.6) is 0 Å². The summed E-state index contributed by atoms with van der Waals surface area (Å²) in [6.45, 7) is 2.67. The summed E-state index contributed by atoms with van der Waals surface area (Å²) in [5.74, 6) is 0.